The highest BCUT2D eigenvalue weighted by Gasteiger charge is 2.16. The Kier molecular flexibility index (Phi) is 5.64. The van der Waals surface area contributed by atoms with Crippen LogP contribution in [-0.4, -0.2) is 54.9 Å². The molecule has 0 saturated carbocycles. The third-order valence-corrected chi connectivity index (χ3v) is 4.38. The lowest BCUT2D eigenvalue weighted by Gasteiger charge is -2.22. The number of carbonyl (C=O) groups excluding carboxylic acids is 2. The summed E-state index contributed by atoms with van der Waals surface area (Å²) in [4.78, 5) is 25.3. The van der Waals surface area contributed by atoms with Crippen LogP contribution in [0.1, 0.15) is 16.8 Å². The molecular formula is C15H21N3O2S. The maximum absolute atomic E-state index is 12.0. The van der Waals surface area contributed by atoms with Crippen LogP contribution >= 0.6 is 11.8 Å². The molecule has 2 rings (SSSR count). The van der Waals surface area contributed by atoms with Crippen molar-refractivity contribution in [2.45, 2.75) is 12.5 Å². The molecule has 5 nitrogen and oxygen atoms in total. The molecule has 0 bridgehead atoms. The van der Waals surface area contributed by atoms with Crippen molar-refractivity contribution in [3.8, 4) is 0 Å². The van der Waals surface area contributed by atoms with Gasteiger partial charge in [0, 0.05) is 55.9 Å². The molecule has 1 fully saturated rings. The highest BCUT2D eigenvalue weighted by atomic mass is 32.2. The van der Waals surface area contributed by atoms with Gasteiger partial charge in [0.2, 0.25) is 5.91 Å². The number of hydrogen-bond donors (Lipinski definition) is 2. The van der Waals surface area contributed by atoms with Gasteiger partial charge in [-0.05, 0) is 24.3 Å². The van der Waals surface area contributed by atoms with Crippen molar-refractivity contribution < 1.29 is 9.59 Å². The minimum Gasteiger partial charge on any atom is -0.345 e. The molecule has 2 amide bonds. The van der Waals surface area contributed by atoms with E-state index in [1.807, 2.05) is 11.8 Å². The molecule has 0 aliphatic carbocycles. The average Bonchev–Trinajstić information content (AvgIpc) is 2.48. The van der Waals surface area contributed by atoms with Crippen molar-refractivity contribution in [3.05, 3.63) is 29.8 Å². The third-order valence-electron chi connectivity index (χ3n) is 3.25. The first-order valence-corrected chi connectivity index (χ1v) is 8.14. The number of amides is 2. The molecule has 0 spiro atoms. The van der Waals surface area contributed by atoms with Gasteiger partial charge in [-0.2, -0.15) is 11.8 Å². The fourth-order valence-corrected chi connectivity index (χ4v) is 3.09. The molecule has 1 saturated heterocycles. The predicted octanol–water partition coefficient (Wildman–Crippen LogP) is 1.42. The fraction of sp³-hybridized carbons (Fsp3) is 0.467. The van der Waals surface area contributed by atoms with Crippen molar-refractivity contribution in [1.82, 2.24) is 10.2 Å². The standard InChI is InChI=1S/C15H21N3O2S/c1-18(2)15(20)11-3-5-12(6-4-11)17-14(19)9-13-10-21-8-7-16-13/h3-6,13,16H,7-10H2,1-2H3,(H,17,19). The van der Waals surface area contributed by atoms with E-state index in [1.165, 1.54) is 4.90 Å². The van der Waals surface area contributed by atoms with Gasteiger partial charge < -0.3 is 15.5 Å². The van der Waals surface area contributed by atoms with Gasteiger partial charge >= 0.3 is 0 Å². The monoisotopic (exact) mass is 307 g/mol. The summed E-state index contributed by atoms with van der Waals surface area (Å²) >= 11 is 1.87. The van der Waals surface area contributed by atoms with Crippen molar-refractivity contribution >= 4 is 29.3 Å². The van der Waals surface area contributed by atoms with E-state index in [4.69, 9.17) is 0 Å². The summed E-state index contributed by atoms with van der Waals surface area (Å²) in [5, 5.41) is 6.21. The smallest absolute Gasteiger partial charge is 0.253 e. The lowest BCUT2D eigenvalue weighted by molar-refractivity contribution is -0.116. The first-order chi connectivity index (χ1) is 10.1. The number of nitrogens with zero attached hydrogens (tertiary/aromatic N) is 1. The van der Waals surface area contributed by atoms with Crippen LogP contribution in [0.4, 0.5) is 5.69 Å². The zero-order valence-electron chi connectivity index (χ0n) is 12.4. The van der Waals surface area contributed by atoms with Gasteiger partial charge in [0.1, 0.15) is 0 Å². The van der Waals surface area contributed by atoms with Gasteiger partial charge in [-0.1, -0.05) is 0 Å². The third kappa shape index (κ3) is 4.75. The number of carbonyl (C=O) groups is 2. The Balaban J connectivity index is 1.87. The number of thioether (sulfide) groups is 1. The van der Waals surface area contributed by atoms with E-state index in [1.54, 1.807) is 38.4 Å². The van der Waals surface area contributed by atoms with E-state index >= 15 is 0 Å². The summed E-state index contributed by atoms with van der Waals surface area (Å²) in [6.45, 7) is 0.962. The first kappa shape index (κ1) is 15.9. The van der Waals surface area contributed by atoms with E-state index in [0.717, 1.165) is 23.7 Å². The molecule has 1 atom stereocenters. The van der Waals surface area contributed by atoms with E-state index in [0.29, 0.717) is 12.0 Å². The second-order valence-corrected chi connectivity index (χ2v) is 6.41. The van der Waals surface area contributed by atoms with Gasteiger partial charge in [0.15, 0.2) is 0 Å². The molecule has 1 aromatic rings. The van der Waals surface area contributed by atoms with Gasteiger partial charge in [-0.15, -0.1) is 0 Å². The highest BCUT2D eigenvalue weighted by molar-refractivity contribution is 7.99. The SMILES string of the molecule is CN(C)C(=O)c1ccc(NC(=O)CC2CSCCN2)cc1. The molecule has 1 unspecified atom stereocenters. The Bertz CT molecular complexity index is 496. The van der Waals surface area contributed by atoms with Crippen LogP contribution < -0.4 is 10.6 Å². The van der Waals surface area contributed by atoms with Crippen molar-refractivity contribution in [2.75, 3.05) is 37.5 Å². The summed E-state index contributed by atoms with van der Waals surface area (Å²) in [6, 6.07) is 7.23. The van der Waals surface area contributed by atoms with Gasteiger partial charge in [-0.25, -0.2) is 0 Å². The number of rotatable bonds is 4. The molecule has 1 aliphatic rings. The quantitative estimate of drug-likeness (QED) is 0.883. The maximum Gasteiger partial charge on any atom is 0.253 e. The summed E-state index contributed by atoms with van der Waals surface area (Å²) in [7, 11) is 3.43. The normalized spacial score (nSPS) is 18.1. The zero-order chi connectivity index (χ0) is 15.2. The maximum atomic E-state index is 12.0. The van der Waals surface area contributed by atoms with Crippen molar-refractivity contribution in [2.24, 2.45) is 0 Å². The Morgan fingerprint density at radius 1 is 1.33 bits per heavy atom. The van der Waals surface area contributed by atoms with Crippen LogP contribution in [-0.2, 0) is 4.79 Å². The molecule has 1 heterocycles. The van der Waals surface area contributed by atoms with Crippen LogP contribution in [0.15, 0.2) is 24.3 Å². The topological polar surface area (TPSA) is 61.4 Å². The van der Waals surface area contributed by atoms with Gasteiger partial charge in [-0.3, -0.25) is 9.59 Å². The van der Waals surface area contributed by atoms with E-state index < -0.39 is 0 Å². The largest absolute Gasteiger partial charge is 0.345 e. The molecule has 21 heavy (non-hydrogen) atoms. The Hall–Kier alpha value is -1.53. The molecule has 114 valence electrons. The fourth-order valence-electron chi connectivity index (χ4n) is 2.14. The highest BCUT2D eigenvalue weighted by Crippen LogP contribution is 2.14. The zero-order valence-corrected chi connectivity index (χ0v) is 13.2. The molecule has 0 radical (unpaired) electrons. The van der Waals surface area contributed by atoms with Crippen molar-refractivity contribution in [3.63, 3.8) is 0 Å². The minimum absolute atomic E-state index is 0.00156. The summed E-state index contributed by atoms with van der Waals surface area (Å²) in [5.74, 6) is 2.04. The van der Waals surface area contributed by atoms with E-state index in [-0.39, 0.29) is 17.9 Å². The van der Waals surface area contributed by atoms with Gasteiger partial charge in [0.05, 0.1) is 0 Å². The second kappa shape index (κ2) is 7.47. The molecule has 1 aliphatic heterocycles. The Labute approximate surface area is 129 Å². The van der Waals surface area contributed by atoms with Crippen LogP contribution in [0.3, 0.4) is 0 Å². The lowest BCUT2D eigenvalue weighted by Crippen LogP contribution is -2.39. The average molecular weight is 307 g/mol. The Morgan fingerprint density at radius 3 is 2.62 bits per heavy atom. The summed E-state index contributed by atoms with van der Waals surface area (Å²) < 4.78 is 0. The van der Waals surface area contributed by atoms with E-state index in [9.17, 15) is 9.59 Å². The molecular weight excluding hydrogens is 286 g/mol. The lowest BCUT2D eigenvalue weighted by atomic mass is 10.1. The van der Waals surface area contributed by atoms with Crippen LogP contribution in [0.2, 0.25) is 0 Å². The Morgan fingerprint density at radius 2 is 2.05 bits per heavy atom. The number of hydrogen-bond acceptors (Lipinski definition) is 4. The first-order valence-electron chi connectivity index (χ1n) is 6.99. The summed E-state index contributed by atoms with van der Waals surface area (Å²) in [6.07, 6.45) is 0.478. The number of benzene rings is 1. The summed E-state index contributed by atoms with van der Waals surface area (Å²) in [5.41, 5.74) is 1.34. The molecule has 0 aromatic heterocycles. The van der Waals surface area contributed by atoms with E-state index in [2.05, 4.69) is 10.6 Å². The molecule has 1 aromatic carbocycles. The minimum atomic E-state index is -0.0451. The van der Waals surface area contributed by atoms with Crippen molar-refractivity contribution in [1.29, 1.82) is 0 Å². The van der Waals surface area contributed by atoms with Crippen LogP contribution in [0.25, 0.3) is 0 Å². The van der Waals surface area contributed by atoms with Crippen LogP contribution in [0, 0.1) is 0 Å². The van der Waals surface area contributed by atoms with Crippen LogP contribution in [0.5, 0.6) is 0 Å². The predicted molar refractivity (Wildman–Crippen MR) is 86.8 cm³/mol. The second-order valence-electron chi connectivity index (χ2n) is 5.26. The molecule has 2 N–H and O–H groups in total. The van der Waals surface area contributed by atoms with Gasteiger partial charge in [0.25, 0.3) is 5.91 Å². The number of anilines is 1. The molecule has 6 heteroatoms. The number of nitrogens with one attached hydrogen (secondary N) is 2.